The van der Waals surface area contributed by atoms with E-state index in [1.807, 2.05) is 19.9 Å². The molecule has 0 aliphatic carbocycles. The summed E-state index contributed by atoms with van der Waals surface area (Å²) in [4.78, 5) is 0. The quantitative estimate of drug-likeness (QED) is 0.887. The van der Waals surface area contributed by atoms with E-state index in [0.717, 1.165) is 12.1 Å². The molecule has 1 unspecified atom stereocenters. The smallest absolute Gasteiger partial charge is 0.141 e. The number of benzene rings is 1. The lowest BCUT2D eigenvalue weighted by molar-refractivity contribution is -0.0662. The summed E-state index contributed by atoms with van der Waals surface area (Å²) < 4.78 is 19.3. The van der Waals surface area contributed by atoms with Crippen molar-refractivity contribution in [3.05, 3.63) is 29.6 Å². The number of hydrogen-bond donors (Lipinski definition) is 1. The molecule has 0 amide bonds. The lowest BCUT2D eigenvalue weighted by Crippen LogP contribution is -2.38. The molecule has 0 saturated carbocycles. The van der Waals surface area contributed by atoms with Gasteiger partial charge in [0, 0.05) is 5.69 Å². The molecule has 1 aromatic rings. The minimum absolute atomic E-state index is 0.0565. The Balaban J connectivity index is 2.20. The zero-order chi connectivity index (χ0) is 14.3. The molecule has 19 heavy (non-hydrogen) atoms. The fraction of sp³-hybridized carbons (Fsp3) is 0.533. The zero-order valence-corrected chi connectivity index (χ0v) is 11.7. The maximum absolute atomic E-state index is 13.3. The van der Waals surface area contributed by atoms with Crippen LogP contribution in [0.4, 0.5) is 10.1 Å². The Kier molecular flexibility index (Phi) is 3.27. The fourth-order valence-electron chi connectivity index (χ4n) is 2.69. The lowest BCUT2D eigenvalue weighted by atomic mass is 9.94. The Morgan fingerprint density at radius 1 is 1.37 bits per heavy atom. The first-order valence-electron chi connectivity index (χ1n) is 6.40. The predicted octanol–water partition coefficient (Wildman–Crippen LogP) is 3.46. The average molecular weight is 262 g/mol. The summed E-state index contributed by atoms with van der Waals surface area (Å²) in [6, 6.07) is 6.48. The van der Waals surface area contributed by atoms with E-state index in [2.05, 4.69) is 19.2 Å². The number of hydrogen-bond acceptors (Lipinski definition) is 3. The van der Waals surface area contributed by atoms with Crippen LogP contribution in [0.25, 0.3) is 0 Å². The van der Waals surface area contributed by atoms with Crippen molar-refractivity contribution in [2.45, 2.75) is 51.4 Å². The molecule has 4 heteroatoms. The highest BCUT2D eigenvalue weighted by molar-refractivity contribution is 5.51. The van der Waals surface area contributed by atoms with Crippen LogP contribution in [0.2, 0.25) is 0 Å². The molecule has 3 nitrogen and oxygen atoms in total. The van der Waals surface area contributed by atoms with E-state index in [0.29, 0.717) is 0 Å². The molecule has 1 fully saturated rings. The first kappa shape index (κ1) is 13.8. The van der Waals surface area contributed by atoms with Gasteiger partial charge in [-0.25, -0.2) is 4.39 Å². The van der Waals surface area contributed by atoms with Crippen LogP contribution in [0.15, 0.2) is 18.2 Å². The van der Waals surface area contributed by atoms with Gasteiger partial charge >= 0.3 is 0 Å². The van der Waals surface area contributed by atoms with Gasteiger partial charge in [-0.3, -0.25) is 0 Å². The molecule has 1 saturated heterocycles. The van der Waals surface area contributed by atoms with Crippen LogP contribution in [0.3, 0.4) is 0 Å². The van der Waals surface area contributed by atoms with Gasteiger partial charge in [-0.2, -0.15) is 5.26 Å². The fourth-order valence-corrected chi connectivity index (χ4v) is 2.69. The molecule has 1 atom stereocenters. The molecular weight excluding hydrogens is 243 g/mol. The summed E-state index contributed by atoms with van der Waals surface area (Å²) in [7, 11) is 0. The number of halogens is 1. The van der Waals surface area contributed by atoms with E-state index in [-0.39, 0.29) is 22.8 Å². The van der Waals surface area contributed by atoms with Gasteiger partial charge in [-0.1, -0.05) is 0 Å². The number of nitriles is 1. The molecule has 1 aliphatic heterocycles. The van der Waals surface area contributed by atoms with Gasteiger partial charge in [0.05, 0.1) is 22.8 Å². The van der Waals surface area contributed by atoms with E-state index in [1.54, 1.807) is 6.07 Å². The van der Waals surface area contributed by atoms with Crippen LogP contribution in [-0.2, 0) is 4.74 Å². The Labute approximate surface area is 113 Å². The summed E-state index contributed by atoms with van der Waals surface area (Å²) in [5.74, 6) is -0.490. The van der Waals surface area contributed by atoms with Crippen LogP contribution < -0.4 is 5.32 Å². The van der Waals surface area contributed by atoms with Crippen LogP contribution >= 0.6 is 0 Å². The molecule has 2 rings (SSSR count). The molecule has 1 heterocycles. The van der Waals surface area contributed by atoms with Crippen molar-refractivity contribution in [1.29, 1.82) is 5.26 Å². The van der Waals surface area contributed by atoms with Crippen LogP contribution in [0, 0.1) is 17.1 Å². The Morgan fingerprint density at radius 2 is 2.05 bits per heavy atom. The van der Waals surface area contributed by atoms with Crippen molar-refractivity contribution in [1.82, 2.24) is 0 Å². The van der Waals surface area contributed by atoms with Gasteiger partial charge < -0.3 is 10.1 Å². The molecule has 1 N–H and O–H groups in total. The van der Waals surface area contributed by atoms with E-state index in [9.17, 15) is 4.39 Å². The minimum atomic E-state index is -0.490. The highest BCUT2D eigenvalue weighted by Gasteiger charge is 2.45. The van der Waals surface area contributed by atoms with Crippen molar-refractivity contribution < 1.29 is 9.13 Å². The normalized spacial score (nSPS) is 23.9. The van der Waals surface area contributed by atoms with Crippen LogP contribution in [0.5, 0.6) is 0 Å². The van der Waals surface area contributed by atoms with Crippen molar-refractivity contribution >= 4 is 5.69 Å². The molecule has 0 spiro atoms. The molecular formula is C15H19FN2O. The average Bonchev–Trinajstić information content (AvgIpc) is 2.49. The van der Waals surface area contributed by atoms with Crippen molar-refractivity contribution in [2.75, 3.05) is 5.32 Å². The summed E-state index contributed by atoms with van der Waals surface area (Å²) >= 11 is 0. The minimum Gasteiger partial charge on any atom is -0.379 e. The maximum atomic E-state index is 13.3. The van der Waals surface area contributed by atoms with Gasteiger partial charge in [0.15, 0.2) is 0 Å². The third-order valence-electron chi connectivity index (χ3n) is 3.50. The standard InChI is InChI=1S/C15H19FN2O/c1-14(2)8-13(15(3,4)19-14)18-11-5-6-12(16)10(7-11)9-17/h5-7,13,18H,8H2,1-4H3. The summed E-state index contributed by atoms with van der Waals surface area (Å²) in [5.41, 5.74) is 0.322. The van der Waals surface area contributed by atoms with E-state index < -0.39 is 5.82 Å². The second kappa shape index (κ2) is 4.50. The topological polar surface area (TPSA) is 45.0 Å². The first-order chi connectivity index (χ1) is 8.73. The number of ether oxygens (including phenoxy) is 1. The van der Waals surface area contributed by atoms with Crippen molar-refractivity contribution in [3.63, 3.8) is 0 Å². The largest absolute Gasteiger partial charge is 0.379 e. The summed E-state index contributed by atoms with van der Waals surface area (Å²) in [6.07, 6.45) is 0.860. The number of nitrogens with zero attached hydrogens (tertiary/aromatic N) is 1. The molecule has 0 radical (unpaired) electrons. The van der Waals surface area contributed by atoms with Gasteiger partial charge in [-0.15, -0.1) is 0 Å². The van der Waals surface area contributed by atoms with Gasteiger partial charge in [-0.05, 0) is 52.3 Å². The Hall–Kier alpha value is -1.60. The van der Waals surface area contributed by atoms with E-state index >= 15 is 0 Å². The zero-order valence-electron chi connectivity index (χ0n) is 11.7. The van der Waals surface area contributed by atoms with Gasteiger partial charge in [0.2, 0.25) is 0 Å². The molecule has 1 aliphatic rings. The molecule has 0 aromatic heterocycles. The SMILES string of the molecule is CC1(C)CC(Nc2ccc(F)c(C#N)c2)C(C)(C)O1. The molecule has 1 aromatic carbocycles. The maximum Gasteiger partial charge on any atom is 0.141 e. The van der Waals surface area contributed by atoms with E-state index in [1.165, 1.54) is 12.1 Å². The Bertz CT molecular complexity index is 531. The summed E-state index contributed by atoms with van der Waals surface area (Å²) in [5, 5.41) is 12.2. The third kappa shape index (κ3) is 2.87. The first-order valence-corrected chi connectivity index (χ1v) is 6.40. The van der Waals surface area contributed by atoms with Crippen molar-refractivity contribution in [3.8, 4) is 6.07 Å². The third-order valence-corrected chi connectivity index (χ3v) is 3.50. The van der Waals surface area contributed by atoms with Gasteiger partial charge in [0.1, 0.15) is 11.9 Å². The second-order valence-corrected chi connectivity index (χ2v) is 6.17. The monoisotopic (exact) mass is 262 g/mol. The molecule has 102 valence electrons. The van der Waals surface area contributed by atoms with Crippen LogP contribution in [-0.4, -0.2) is 17.2 Å². The van der Waals surface area contributed by atoms with Gasteiger partial charge in [0.25, 0.3) is 0 Å². The lowest BCUT2D eigenvalue weighted by Gasteiger charge is -2.28. The Morgan fingerprint density at radius 3 is 2.58 bits per heavy atom. The highest BCUT2D eigenvalue weighted by Crippen LogP contribution is 2.38. The van der Waals surface area contributed by atoms with Crippen molar-refractivity contribution in [2.24, 2.45) is 0 Å². The molecule has 0 bridgehead atoms. The highest BCUT2D eigenvalue weighted by atomic mass is 19.1. The predicted molar refractivity (Wildman–Crippen MR) is 72.4 cm³/mol. The second-order valence-electron chi connectivity index (χ2n) is 6.17. The number of anilines is 1. The number of rotatable bonds is 2. The number of nitrogens with one attached hydrogen (secondary N) is 1. The van der Waals surface area contributed by atoms with Crippen LogP contribution in [0.1, 0.15) is 39.7 Å². The van der Waals surface area contributed by atoms with E-state index in [4.69, 9.17) is 10.00 Å². The summed E-state index contributed by atoms with van der Waals surface area (Å²) in [6.45, 7) is 8.19.